The van der Waals surface area contributed by atoms with Gasteiger partial charge >= 0.3 is 0 Å². The van der Waals surface area contributed by atoms with Gasteiger partial charge in [-0.1, -0.05) is 0 Å². The third-order valence-corrected chi connectivity index (χ3v) is 3.01. The Kier molecular flexibility index (Phi) is 3.80. The molecule has 0 aliphatic carbocycles. The fourth-order valence-corrected chi connectivity index (χ4v) is 2.04. The van der Waals surface area contributed by atoms with Crippen molar-refractivity contribution in [2.24, 2.45) is 0 Å². The van der Waals surface area contributed by atoms with Crippen LogP contribution in [-0.4, -0.2) is 30.6 Å². The van der Waals surface area contributed by atoms with Gasteiger partial charge in [-0.3, -0.25) is 4.90 Å². The van der Waals surface area contributed by atoms with Crippen molar-refractivity contribution in [3.8, 4) is 0 Å². The Balaban J connectivity index is 1.85. The van der Waals surface area contributed by atoms with Crippen LogP contribution < -0.4 is 5.32 Å². The van der Waals surface area contributed by atoms with E-state index in [9.17, 15) is 0 Å². The second kappa shape index (κ2) is 5.33. The van der Waals surface area contributed by atoms with E-state index in [0.717, 1.165) is 13.1 Å². The van der Waals surface area contributed by atoms with Crippen LogP contribution in [0.2, 0.25) is 0 Å². The molecule has 84 valence electrons. The Labute approximate surface area is 91.4 Å². The smallest absolute Gasteiger partial charge is 0.0947 e. The highest BCUT2D eigenvalue weighted by molar-refractivity contribution is 5.04. The summed E-state index contributed by atoms with van der Waals surface area (Å²) in [7, 11) is 0. The number of rotatable bonds is 2. The number of hydrogen-bond acceptors (Lipinski definition) is 3. The SMILES string of the molecule is CC1CCN(Cc2ccoc2)CCCN1. The van der Waals surface area contributed by atoms with E-state index in [-0.39, 0.29) is 0 Å². The van der Waals surface area contributed by atoms with Crippen LogP contribution in [0.1, 0.15) is 25.3 Å². The first-order valence-corrected chi connectivity index (χ1v) is 5.81. The quantitative estimate of drug-likeness (QED) is 0.804. The highest BCUT2D eigenvalue weighted by atomic mass is 16.3. The van der Waals surface area contributed by atoms with Gasteiger partial charge in [-0.05, 0) is 45.5 Å². The van der Waals surface area contributed by atoms with E-state index in [2.05, 4.69) is 23.2 Å². The molecule has 3 nitrogen and oxygen atoms in total. The van der Waals surface area contributed by atoms with Crippen molar-refractivity contribution < 1.29 is 4.42 Å². The normalized spacial score (nSPS) is 24.7. The summed E-state index contributed by atoms with van der Waals surface area (Å²) in [5, 5.41) is 3.52. The molecular weight excluding hydrogens is 188 g/mol. The van der Waals surface area contributed by atoms with E-state index in [1.165, 1.54) is 31.5 Å². The Morgan fingerprint density at radius 3 is 3.27 bits per heavy atom. The summed E-state index contributed by atoms with van der Waals surface area (Å²) in [6, 6.07) is 2.71. The van der Waals surface area contributed by atoms with Crippen molar-refractivity contribution in [1.82, 2.24) is 10.2 Å². The third-order valence-electron chi connectivity index (χ3n) is 3.01. The molecule has 0 amide bonds. The highest BCUT2D eigenvalue weighted by Gasteiger charge is 2.12. The molecule has 0 spiro atoms. The molecule has 1 atom stereocenters. The molecule has 1 aromatic rings. The van der Waals surface area contributed by atoms with E-state index >= 15 is 0 Å². The fourth-order valence-electron chi connectivity index (χ4n) is 2.04. The van der Waals surface area contributed by atoms with Gasteiger partial charge < -0.3 is 9.73 Å². The predicted molar refractivity (Wildman–Crippen MR) is 60.7 cm³/mol. The Morgan fingerprint density at radius 2 is 2.47 bits per heavy atom. The summed E-state index contributed by atoms with van der Waals surface area (Å²) < 4.78 is 5.09. The number of hydrogen-bond donors (Lipinski definition) is 1. The summed E-state index contributed by atoms with van der Waals surface area (Å²) in [6.07, 6.45) is 6.07. The first-order chi connectivity index (χ1) is 7.34. The zero-order valence-corrected chi connectivity index (χ0v) is 9.41. The molecule has 3 heteroatoms. The first-order valence-electron chi connectivity index (χ1n) is 5.81. The molecular formula is C12H20N2O. The van der Waals surface area contributed by atoms with Gasteiger partial charge in [0, 0.05) is 18.2 Å². The van der Waals surface area contributed by atoms with Gasteiger partial charge in [0.1, 0.15) is 0 Å². The average molecular weight is 208 g/mol. The molecule has 0 radical (unpaired) electrons. The van der Waals surface area contributed by atoms with Crippen LogP contribution in [-0.2, 0) is 6.54 Å². The van der Waals surface area contributed by atoms with Crippen molar-refractivity contribution in [3.63, 3.8) is 0 Å². The molecule has 2 rings (SSSR count). The second-order valence-corrected chi connectivity index (χ2v) is 4.41. The summed E-state index contributed by atoms with van der Waals surface area (Å²) in [5.41, 5.74) is 1.29. The summed E-state index contributed by atoms with van der Waals surface area (Å²) in [5.74, 6) is 0. The minimum Gasteiger partial charge on any atom is -0.472 e. The second-order valence-electron chi connectivity index (χ2n) is 4.41. The van der Waals surface area contributed by atoms with Crippen LogP contribution in [0.3, 0.4) is 0 Å². The molecule has 0 aromatic carbocycles. The largest absolute Gasteiger partial charge is 0.472 e. The molecule has 15 heavy (non-hydrogen) atoms. The van der Waals surface area contributed by atoms with Gasteiger partial charge in [0.05, 0.1) is 12.5 Å². The van der Waals surface area contributed by atoms with Gasteiger partial charge in [0.25, 0.3) is 0 Å². The van der Waals surface area contributed by atoms with Gasteiger partial charge in [-0.15, -0.1) is 0 Å². The minimum atomic E-state index is 0.650. The van der Waals surface area contributed by atoms with Gasteiger partial charge in [0.15, 0.2) is 0 Å². The van der Waals surface area contributed by atoms with E-state index in [4.69, 9.17) is 4.42 Å². The van der Waals surface area contributed by atoms with Crippen LogP contribution in [0.15, 0.2) is 23.0 Å². The third kappa shape index (κ3) is 3.36. The molecule has 1 aliphatic heterocycles. The number of nitrogens with one attached hydrogen (secondary N) is 1. The van der Waals surface area contributed by atoms with Gasteiger partial charge in [0.2, 0.25) is 0 Å². The molecule has 1 fully saturated rings. The molecule has 1 unspecified atom stereocenters. The molecule has 2 heterocycles. The lowest BCUT2D eigenvalue weighted by Crippen LogP contribution is -2.38. The summed E-state index contributed by atoms with van der Waals surface area (Å²) in [6.45, 7) is 6.80. The molecule has 1 N–H and O–H groups in total. The lowest BCUT2D eigenvalue weighted by atomic mass is 10.1. The van der Waals surface area contributed by atoms with Gasteiger partial charge in [-0.2, -0.15) is 0 Å². The highest BCUT2D eigenvalue weighted by Crippen LogP contribution is 2.09. The maximum atomic E-state index is 5.09. The van der Waals surface area contributed by atoms with Crippen molar-refractivity contribution in [3.05, 3.63) is 24.2 Å². The first kappa shape index (κ1) is 10.7. The van der Waals surface area contributed by atoms with E-state index in [1.54, 1.807) is 6.26 Å². The Morgan fingerprint density at radius 1 is 1.53 bits per heavy atom. The Hall–Kier alpha value is -0.800. The predicted octanol–water partition coefficient (Wildman–Crippen LogP) is 1.85. The van der Waals surface area contributed by atoms with Crippen LogP contribution in [0.25, 0.3) is 0 Å². The lowest BCUT2D eigenvalue weighted by Gasteiger charge is -2.27. The minimum absolute atomic E-state index is 0.650. The maximum absolute atomic E-state index is 5.09. The summed E-state index contributed by atoms with van der Waals surface area (Å²) >= 11 is 0. The van der Waals surface area contributed by atoms with Crippen molar-refractivity contribution in [2.45, 2.75) is 32.4 Å². The molecule has 1 aliphatic rings. The lowest BCUT2D eigenvalue weighted by molar-refractivity contribution is 0.229. The molecule has 1 aromatic heterocycles. The van der Waals surface area contributed by atoms with Crippen molar-refractivity contribution in [1.29, 1.82) is 0 Å². The van der Waals surface area contributed by atoms with E-state index in [1.807, 2.05) is 6.26 Å². The van der Waals surface area contributed by atoms with E-state index in [0.29, 0.717) is 6.04 Å². The molecule has 0 saturated carbocycles. The topological polar surface area (TPSA) is 28.4 Å². The fraction of sp³-hybridized carbons (Fsp3) is 0.667. The molecule has 0 bridgehead atoms. The van der Waals surface area contributed by atoms with Crippen LogP contribution in [0, 0.1) is 0 Å². The van der Waals surface area contributed by atoms with Crippen molar-refractivity contribution >= 4 is 0 Å². The average Bonchev–Trinajstić information content (AvgIpc) is 2.70. The monoisotopic (exact) mass is 208 g/mol. The van der Waals surface area contributed by atoms with Crippen molar-refractivity contribution in [2.75, 3.05) is 19.6 Å². The molecule has 1 saturated heterocycles. The maximum Gasteiger partial charge on any atom is 0.0947 e. The van der Waals surface area contributed by atoms with E-state index < -0.39 is 0 Å². The van der Waals surface area contributed by atoms with Gasteiger partial charge in [-0.25, -0.2) is 0 Å². The standard InChI is InChI=1S/C12H20N2O/c1-11-3-7-14(6-2-5-13-11)9-12-4-8-15-10-12/h4,8,10-11,13H,2-3,5-7,9H2,1H3. The van der Waals surface area contributed by atoms with Crippen LogP contribution >= 0.6 is 0 Å². The summed E-state index contributed by atoms with van der Waals surface area (Å²) in [4.78, 5) is 2.52. The number of nitrogens with zero attached hydrogens (tertiary/aromatic N) is 1. The zero-order valence-electron chi connectivity index (χ0n) is 9.41. The van der Waals surface area contributed by atoms with Crippen LogP contribution in [0.4, 0.5) is 0 Å². The van der Waals surface area contributed by atoms with Crippen LogP contribution in [0.5, 0.6) is 0 Å². The number of furan rings is 1. The Bertz CT molecular complexity index is 271. The zero-order chi connectivity index (χ0) is 10.5.